The van der Waals surface area contributed by atoms with Gasteiger partial charge in [0.15, 0.2) is 0 Å². The number of carbonyl (C=O) groups is 1. The quantitative estimate of drug-likeness (QED) is 0.520. The highest BCUT2D eigenvalue weighted by atomic mass is 32.1. The zero-order valence-electron chi connectivity index (χ0n) is 12.4. The van der Waals surface area contributed by atoms with Gasteiger partial charge >= 0.3 is 0 Å². The predicted octanol–water partition coefficient (Wildman–Crippen LogP) is 2.59. The van der Waals surface area contributed by atoms with Gasteiger partial charge in [-0.1, -0.05) is 32.0 Å². The molecule has 1 saturated heterocycles. The number of likely N-dealkylation sites (tertiary alicyclic amines) is 1. The van der Waals surface area contributed by atoms with E-state index in [0.29, 0.717) is 11.8 Å². The van der Waals surface area contributed by atoms with Gasteiger partial charge in [0, 0.05) is 24.3 Å². The summed E-state index contributed by atoms with van der Waals surface area (Å²) >= 11 is 1.52. The number of hydrazine groups is 1. The lowest BCUT2D eigenvalue weighted by Gasteiger charge is -2.16. The number of fused-ring (bicyclic) bond motifs is 1. The molecular weight excluding hydrogens is 282 g/mol. The number of nitrogen functional groups attached to an aromatic ring is 1. The molecule has 0 saturated carbocycles. The van der Waals surface area contributed by atoms with E-state index in [0.717, 1.165) is 34.8 Å². The maximum Gasteiger partial charge on any atom is 0.275 e. The number of hydrogen-bond donors (Lipinski definition) is 2. The van der Waals surface area contributed by atoms with Crippen molar-refractivity contribution in [3.63, 3.8) is 0 Å². The molecule has 1 aliphatic heterocycles. The average Bonchev–Trinajstić information content (AvgIpc) is 3.00. The zero-order chi connectivity index (χ0) is 15.0. The van der Waals surface area contributed by atoms with Crippen LogP contribution in [0.4, 0.5) is 0 Å². The van der Waals surface area contributed by atoms with Crippen LogP contribution < -0.4 is 11.3 Å². The summed E-state index contributed by atoms with van der Waals surface area (Å²) < 4.78 is 1.14. The van der Waals surface area contributed by atoms with Crippen LogP contribution in [0.5, 0.6) is 0 Å². The number of thiophene rings is 1. The van der Waals surface area contributed by atoms with E-state index in [9.17, 15) is 4.79 Å². The van der Waals surface area contributed by atoms with Gasteiger partial charge in [0.2, 0.25) is 0 Å². The van der Waals surface area contributed by atoms with Crippen molar-refractivity contribution in [1.82, 2.24) is 10.3 Å². The first-order valence-corrected chi connectivity index (χ1v) is 8.15. The van der Waals surface area contributed by atoms with Gasteiger partial charge in [-0.25, -0.2) is 5.84 Å². The Balaban J connectivity index is 1.97. The molecule has 1 amide bonds. The Labute approximate surface area is 128 Å². The fourth-order valence-corrected chi connectivity index (χ4v) is 4.22. The van der Waals surface area contributed by atoms with Gasteiger partial charge in [-0.3, -0.25) is 15.1 Å². The van der Waals surface area contributed by atoms with E-state index in [1.807, 2.05) is 12.1 Å². The molecule has 0 spiro atoms. The third-order valence-corrected chi connectivity index (χ3v) is 5.69. The highest BCUT2D eigenvalue weighted by Crippen LogP contribution is 2.34. The third-order valence-electron chi connectivity index (χ3n) is 4.48. The molecule has 1 aromatic heterocycles. The highest BCUT2D eigenvalue weighted by molar-refractivity contribution is 7.21. The molecule has 1 aromatic carbocycles. The van der Waals surface area contributed by atoms with E-state index in [2.05, 4.69) is 36.3 Å². The first-order chi connectivity index (χ1) is 10.1. The van der Waals surface area contributed by atoms with Crippen molar-refractivity contribution in [1.29, 1.82) is 0 Å². The van der Waals surface area contributed by atoms with Gasteiger partial charge in [0.25, 0.3) is 5.91 Å². The van der Waals surface area contributed by atoms with Crippen molar-refractivity contribution in [2.45, 2.75) is 20.4 Å². The van der Waals surface area contributed by atoms with Crippen molar-refractivity contribution < 1.29 is 4.79 Å². The summed E-state index contributed by atoms with van der Waals surface area (Å²) in [5, 5.41) is 1.17. The minimum absolute atomic E-state index is 0.188. The minimum Gasteiger partial charge on any atom is -0.298 e. The van der Waals surface area contributed by atoms with Gasteiger partial charge < -0.3 is 0 Å². The lowest BCUT2D eigenvalue weighted by molar-refractivity contribution is 0.0956. The van der Waals surface area contributed by atoms with Crippen LogP contribution in [0.1, 0.15) is 29.1 Å². The smallest absolute Gasteiger partial charge is 0.275 e. The average molecular weight is 303 g/mol. The van der Waals surface area contributed by atoms with Crippen LogP contribution in [0.2, 0.25) is 0 Å². The van der Waals surface area contributed by atoms with Crippen LogP contribution in [0.15, 0.2) is 24.3 Å². The van der Waals surface area contributed by atoms with Crippen LogP contribution in [0.3, 0.4) is 0 Å². The van der Waals surface area contributed by atoms with Gasteiger partial charge in [-0.2, -0.15) is 0 Å². The van der Waals surface area contributed by atoms with Crippen molar-refractivity contribution >= 4 is 27.3 Å². The summed E-state index contributed by atoms with van der Waals surface area (Å²) in [6.45, 7) is 7.60. The number of rotatable bonds is 3. The normalized spacial score (nSPS) is 22.8. The maximum atomic E-state index is 12.1. The Morgan fingerprint density at radius 3 is 2.67 bits per heavy atom. The molecule has 2 unspecified atom stereocenters. The molecule has 2 aromatic rings. The number of carbonyl (C=O) groups excluding carboxylic acids is 1. The minimum atomic E-state index is -0.188. The molecule has 21 heavy (non-hydrogen) atoms. The molecule has 4 nitrogen and oxygen atoms in total. The van der Waals surface area contributed by atoms with Crippen molar-refractivity contribution in [2.24, 2.45) is 17.7 Å². The second-order valence-corrected chi connectivity index (χ2v) is 7.08. The molecular formula is C16H21N3OS. The van der Waals surface area contributed by atoms with Gasteiger partial charge in [0.05, 0.1) is 4.88 Å². The van der Waals surface area contributed by atoms with Gasteiger partial charge in [0.1, 0.15) is 0 Å². The van der Waals surface area contributed by atoms with E-state index in [1.54, 1.807) is 0 Å². The summed E-state index contributed by atoms with van der Waals surface area (Å²) in [4.78, 5) is 15.2. The molecule has 3 rings (SSSR count). The molecule has 2 atom stereocenters. The van der Waals surface area contributed by atoms with E-state index in [4.69, 9.17) is 5.84 Å². The summed E-state index contributed by atoms with van der Waals surface area (Å²) in [5.74, 6) is 6.57. The number of benzene rings is 1. The van der Waals surface area contributed by atoms with Crippen molar-refractivity contribution in [3.8, 4) is 0 Å². The molecule has 0 aliphatic carbocycles. The zero-order valence-corrected chi connectivity index (χ0v) is 13.2. The second-order valence-electron chi connectivity index (χ2n) is 6.03. The number of hydrogen-bond acceptors (Lipinski definition) is 4. The van der Waals surface area contributed by atoms with E-state index < -0.39 is 0 Å². The van der Waals surface area contributed by atoms with Crippen molar-refractivity contribution in [2.75, 3.05) is 13.1 Å². The molecule has 112 valence electrons. The maximum absolute atomic E-state index is 12.1. The Bertz CT molecular complexity index is 657. The van der Waals surface area contributed by atoms with Crippen LogP contribution in [-0.2, 0) is 6.54 Å². The number of nitrogens with zero attached hydrogens (tertiary/aromatic N) is 1. The van der Waals surface area contributed by atoms with Crippen LogP contribution in [-0.4, -0.2) is 23.9 Å². The molecule has 2 heterocycles. The molecule has 5 heteroatoms. The molecule has 1 aliphatic rings. The fraction of sp³-hybridized carbons (Fsp3) is 0.438. The largest absolute Gasteiger partial charge is 0.298 e. The molecule has 0 bridgehead atoms. The molecule has 0 radical (unpaired) electrons. The first kappa shape index (κ1) is 14.5. The first-order valence-electron chi connectivity index (χ1n) is 7.34. The summed E-state index contributed by atoms with van der Waals surface area (Å²) in [6, 6.07) is 8.19. The molecule has 1 fully saturated rings. The highest BCUT2D eigenvalue weighted by Gasteiger charge is 2.28. The number of amides is 1. The lowest BCUT2D eigenvalue weighted by atomic mass is 10.0. The van der Waals surface area contributed by atoms with Gasteiger partial charge in [-0.15, -0.1) is 11.3 Å². The van der Waals surface area contributed by atoms with E-state index in [1.165, 1.54) is 16.7 Å². The monoisotopic (exact) mass is 303 g/mol. The topological polar surface area (TPSA) is 58.4 Å². The standard InChI is InChI=1S/C16H21N3OS/c1-10-7-19(8-11(10)2)9-13-12-5-3-4-6-14(12)21-15(13)16(20)18-17/h3-6,10-11H,7-9,17H2,1-2H3,(H,18,20). The third kappa shape index (κ3) is 2.69. The predicted molar refractivity (Wildman–Crippen MR) is 87.1 cm³/mol. The molecule has 3 N–H and O–H groups in total. The van der Waals surface area contributed by atoms with E-state index in [-0.39, 0.29) is 5.91 Å². The summed E-state index contributed by atoms with van der Waals surface area (Å²) in [6.07, 6.45) is 0. The second kappa shape index (κ2) is 5.75. The Morgan fingerprint density at radius 2 is 2.00 bits per heavy atom. The lowest BCUT2D eigenvalue weighted by Crippen LogP contribution is -2.30. The fourth-order valence-electron chi connectivity index (χ4n) is 3.11. The Hall–Kier alpha value is -1.43. The van der Waals surface area contributed by atoms with Crippen LogP contribution in [0, 0.1) is 11.8 Å². The number of nitrogens with two attached hydrogens (primary N) is 1. The van der Waals surface area contributed by atoms with Crippen LogP contribution >= 0.6 is 11.3 Å². The number of nitrogens with one attached hydrogen (secondary N) is 1. The van der Waals surface area contributed by atoms with Gasteiger partial charge in [-0.05, 0) is 28.9 Å². The van der Waals surface area contributed by atoms with Crippen molar-refractivity contribution in [3.05, 3.63) is 34.7 Å². The Kier molecular flexibility index (Phi) is 3.97. The summed E-state index contributed by atoms with van der Waals surface area (Å²) in [7, 11) is 0. The summed E-state index contributed by atoms with van der Waals surface area (Å²) in [5.41, 5.74) is 3.39. The van der Waals surface area contributed by atoms with E-state index >= 15 is 0 Å². The Morgan fingerprint density at radius 1 is 1.33 bits per heavy atom. The van der Waals surface area contributed by atoms with Crippen LogP contribution in [0.25, 0.3) is 10.1 Å². The SMILES string of the molecule is CC1CN(Cc2c(C(=O)NN)sc3ccccc23)CC1C.